The van der Waals surface area contributed by atoms with Crippen molar-refractivity contribution in [2.75, 3.05) is 25.1 Å². The number of anilines is 1. The molecule has 2 unspecified atom stereocenters. The predicted octanol–water partition coefficient (Wildman–Crippen LogP) is 2.04. The minimum absolute atomic E-state index is 0.291. The van der Waals surface area contributed by atoms with Crippen LogP contribution in [0.3, 0.4) is 0 Å². The van der Waals surface area contributed by atoms with Gasteiger partial charge in [0, 0.05) is 31.7 Å². The molecule has 27 heavy (non-hydrogen) atoms. The standard InChI is InChI=1S/C19H21FN6O/c1-12-21-22-18-5-6-19(23-26(12)18)24-10-14-8-15(11-24)25(14)9-13-3-4-17(27-2)16(20)7-13/h3-7,14-15H,8-11H2,1-2H3. The lowest BCUT2D eigenvalue weighted by Crippen LogP contribution is -2.68. The second-order valence-electron chi connectivity index (χ2n) is 7.30. The van der Waals surface area contributed by atoms with Crippen molar-refractivity contribution in [3.63, 3.8) is 0 Å². The molecule has 1 aromatic carbocycles. The second-order valence-corrected chi connectivity index (χ2v) is 7.30. The molecule has 3 aromatic rings. The highest BCUT2D eigenvalue weighted by Gasteiger charge is 2.44. The van der Waals surface area contributed by atoms with E-state index in [1.165, 1.54) is 13.5 Å². The van der Waals surface area contributed by atoms with Crippen LogP contribution in [0.5, 0.6) is 5.75 Å². The minimum atomic E-state index is -0.302. The zero-order chi connectivity index (χ0) is 18.5. The van der Waals surface area contributed by atoms with E-state index < -0.39 is 0 Å². The number of hydrogen-bond acceptors (Lipinski definition) is 6. The van der Waals surface area contributed by atoms with E-state index in [9.17, 15) is 4.39 Å². The molecule has 0 radical (unpaired) electrons. The van der Waals surface area contributed by atoms with E-state index in [1.807, 2.05) is 25.1 Å². The van der Waals surface area contributed by atoms with Crippen LogP contribution >= 0.6 is 0 Å². The van der Waals surface area contributed by atoms with Crippen molar-refractivity contribution in [1.29, 1.82) is 0 Å². The van der Waals surface area contributed by atoms with E-state index in [0.717, 1.165) is 42.5 Å². The summed E-state index contributed by atoms with van der Waals surface area (Å²) in [6.45, 7) is 4.52. The fourth-order valence-corrected chi connectivity index (χ4v) is 4.21. The first-order valence-corrected chi connectivity index (χ1v) is 9.14. The molecule has 0 saturated carbocycles. The number of rotatable bonds is 4. The third kappa shape index (κ3) is 2.71. The quantitative estimate of drug-likeness (QED) is 0.703. The Morgan fingerprint density at radius 1 is 1.15 bits per heavy atom. The number of fused-ring (bicyclic) bond motifs is 3. The van der Waals surface area contributed by atoms with E-state index in [1.54, 1.807) is 16.6 Å². The number of piperazine rings is 1. The van der Waals surface area contributed by atoms with Crippen LogP contribution in [0, 0.1) is 12.7 Å². The predicted molar refractivity (Wildman–Crippen MR) is 98.4 cm³/mol. The molecule has 2 bridgehead atoms. The van der Waals surface area contributed by atoms with Crippen molar-refractivity contribution in [1.82, 2.24) is 24.7 Å². The third-order valence-corrected chi connectivity index (χ3v) is 5.65. The van der Waals surface area contributed by atoms with Gasteiger partial charge in [-0.1, -0.05) is 6.07 Å². The Hall–Kier alpha value is -2.74. The summed E-state index contributed by atoms with van der Waals surface area (Å²) in [5.74, 6) is 1.73. The Bertz CT molecular complexity index is 993. The van der Waals surface area contributed by atoms with Crippen molar-refractivity contribution in [2.45, 2.75) is 32.0 Å². The SMILES string of the molecule is COc1ccc(CN2C3CC2CN(c2ccc4nnc(C)n4n2)C3)cc1F. The molecular formula is C19H21FN6O. The van der Waals surface area contributed by atoms with E-state index in [2.05, 4.69) is 25.1 Å². The monoisotopic (exact) mass is 368 g/mol. The highest BCUT2D eigenvalue weighted by atomic mass is 19.1. The van der Waals surface area contributed by atoms with Crippen LogP contribution in [-0.4, -0.2) is 57.0 Å². The van der Waals surface area contributed by atoms with E-state index in [0.29, 0.717) is 17.8 Å². The van der Waals surface area contributed by atoms with Crippen LogP contribution in [0.15, 0.2) is 30.3 Å². The van der Waals surface area contributed by atoms with Crippen LogP contribution in [0.25, 0.3) is 5.65 Å². The van der Waals surface area contributed by atoms with Gasteiger partial charge in [0.1, 0.15) is 5.82 Å². The summed E-state index contributed by atoms with van der Waals surface area (Å²) in [6, 6.07) is 10.1. The summed E-state index contributed by atoms with van der Waals surface area (Å²) < 4.78 is 20.7. The van der Waals surface area contributed by atoms with Crippen LogP contribution < -0.4 is 9.64 Å². The lowest BCUT2D eigenvalue weighted by molar-refractivity contribution is -0.00881. The van der Waals surface area contributed by atoms with Gasteiger partial charge in [-0.15, -0.1) is 15.3 Å². The molecule has 8 heteroatoms. The van der Waals surface area contributed by atoms with Crippen molar-refractivity contribution in [3.8, 4) is 5.75 Å². The number of ether oxygens (including phenoxy) is 1. The summed E-state index contributed by atoms with van der Waals surface area (Å²) in [7, 11) is 1.49. The van der Waals surface area contributed by atoms with E-state index in [4.69, 9.17) is 4.74 Å². The molecule has 6 rings (SSSR count). The zero-order valence-corrected chi connectivity index (χ0v) is 15.3. The van der Waals surface area contributed by atoms with Gasteiger partial charge in [0.25, 0.3) is 0 Å². The molecule has 5 heterocycles. The van der Waals surface area contributed by atoms with Crippen LogP contribution in [0.1, 0.15) is 17.8 Å². The summed E-state index contributed by atoms with van der Waals surface area (Å²) in [5, 5.41) is 12.8. The number of methoxy groups -OCH3 is 1. The summed E-state index contributed by atoms with van der Waals surface area (Å²) >= 11 is 0. The Morgan fingerprint density at radius 2 is 1.96 bits per heavy atom. The van der Waals surface area contributed by atoms with Crippen molar-refractivity contribution < 1.29 is 9.13 Å². The van der Waals surface area contributed by atoms with Crippen LogP contribution in [-0.2, 0) is 6.54 Å². The van der Waals surface area contributed by atoms with E-state index >= 15 is 0 Å². The molecule has 3 saturated heterocycles. The lowest BCUT2D eigenvalue weighted by atomic mass is 9.86. The van der Waals surface area contributed by atoms with Crippen molar-refractivity contribution in [2.24, 2.45) is 0 Å². The number of nitrogens with zero attached hydrogens (tertiary/aromatic N) is 6. The summed E-state index contributed by atoms with van der Waals surface area (Å²) in [5.41, 5.74) is 1.75. The number of piperidine rings is 1. The van der Waals surface area contributed by atoms with Crippen LogP contribution in [0.2, 0.25) is 0 Å². The van der Waals surface area contributed by atoms with Gasteiger partial charge in [0.15, 0.2) is 23.0 Å². The van der Waals surface area contributed by atoms with Gasteiger partial charge < -0.3 is 9.64 Å². The minimum Gasteiger partial charge on any atom is -0.494 e. The Kier molecular flexibility index (Phi) is 3.75. The number of aromatic nitrogens is 4. The van der Waals surface area contributed by atoms with Crippen molar-refractivity contribution in [3.05, 3.63) is 47.5 Å². The highest BCUT2D eigenvalue weighted by Crippen LogP contribution is 2.35. The van der Waals surface area contributed by atoms with Gasteiger partial charge in [0.2, 0.25) is 0 Å². The maximum Gasteiger partial charge on any atom is 0.178 e. The molecule has 2 atom stereocenters. The summed E-state index contributed by atoms with van der Waals surface area (Å²) in [4.78, 5) is 4.78. The number of halogens is 1. The molecule has 0 amide bonds. The van der Waals surface area contributed by atoms with Gasteiger partial charge in [-0.05, 0) is 43.2 Å². The smallest absolute Gasteiger partial charge is 0.178 e. The first kappa shape index (κ1) is 16.4. The van der Waals surface area contributed by atoms with E-state index in [-0.39, 0.29) is 5.82 Å². The molecule has 0 N–H and O–H groups in total. The average molecular weight is 368 g/mol. The number of hydrogen-bond donors (Lipinski definition) is 0. The maximum absolute atomic E-state index is 14.0. The fourth-order valence-electron chi connectivity index (χ4n) is 4.21. The molecule has 140 valence electrons. The first-order valence-electron chi connectivity index (χ1n) is 9.14. The Labute approximate surface area is 156 Å². The molecule has 3 fully saturated rings. The molecule has 0 aliphatic carbocycles. The summed E-state index contributed by atoms with van der Waals surface area (Å²) in [6.07, 6.45) is 1.18. The number of benzene rings is 1. The van der Waals surface area contributed by atoms with Gasteiger partial charge in [-0.2, -0.15) is 4.52 Å². The largest absolute Gasteiger partial charge is 0.494 e. The molecule has 2 aromatic heterocycles. The van der Waals surface area contributed by atoms with Gasteiger partial charge in [-0.3, -0.25) is 4.90 Å². The lowest BCUT2D eigenvalue weighted by Gasteiger charge is -2.56. The fraction of sp³-hybridized carbons (Fsp3) is 0.421. The molecule has 7 nitrogen and oxygen atoms in total. The van der Waals surface area contributed by atoms with Gasteiger partial charge in [-0.25, -0.2) is 4.39 Å². The third-order valence-electron chi connectivity index (χ3n) is 5.65. The van der Waals surface area contributed by atoms with Gasteiger partial charge >= 0.3 is 0 Å². The molecule has 3 aliphatic heterocycles. The first-order chi connectivity index (χ1) is 13.1. The molecule has 0 spiro atoms. The molecular weight excluding hydrogens is 347 g/mol. The Balaban J connectivity index is 1.30. The number of aryl methyl sites for hydroxylation is 1. The van der Waals surface area contributed by atoms with Gasteiger partial charge in [0.05, 0.1) is 7.11 Å². The maximum atomic E-state index is 14.0. The topological polar surface area (TPSA) is 58.8 Å². The normalized spacial score (nSPS) is 22.1. The Morgan fingerprint density at radius 3 is 2.70 bits per heavy atom. The highest BCUT2D eigenvalue weighted by molar-refractivity contribution is 5.47. The van der Waals surface area contributed by atoms with Crippen molar-refractivity contribution >= 4 is 11.5 Å². The van der Waals surface area contributed by atoms with Crippen LogP contribution in [0.4, 0.5) is 10.2 Å². The zero-order valence-electron chi connectivity index (χ0n) is 15.3. The molecule has 3 aliphatic rings. The second kappa shape index (κ2) is 6.16. The average Bonchev–Trinajstić information content (AvgIpc) is 3.06.